The molecule has 1 heterocycles. The number of hydrogen-bond donors (Lipinski definition) is 2. The molecule has 0 saturated carbocycles. The van der Waals surface area contributed by atoms with E-state index in [1.165, 1.54) is 6.92 Å². The lowest BCUT2D eigenvalue weighted by atomic mass is 10.4. The highest BCUT2D eigenvalue weighted by molar-refractivity contribution is 6.31. The van der Waals surface area contributed by atoms with E-state index in [1.54, 1.807) is 18.1 Å². The summed E-state index contributed by atoms with van der Waals surface area (Å²) < 4.78 is 1.58. The number of aryl methyl sites for hydroxylation is 1. The van der Waals surface area contributed by atoms with E-state index in [4.69, 9.17) is 11.6 Å². The van der Waals surface area contributed by atoms with Gasteiger partial charge in [0, 0.05) is 20.0 Å². The Kier molecular flexibility index (Phi) is 4.89. The van der Waals surface area contributed by atoms with Gasteiger partial charge in [0.25, 0.3) is 0 Å². The molecule has 0 aromatic carbocycles. The van der Waals surface area contributed by atoms with Crippen LogP contribution in [0.5, 0.6) is 0 Å². The standard InChI is InChI=1S/C9H14ClN5O2/c1-6(10)8(16)13-9(17)11-4-3-7-12-5-15(2)14-7/h5-6H,3-4H2,1-2H3,(H2,11,13,16,17). The van der Waals surface area contributed by atoms with E-state index >= 15 is 0 Å². The van der Waals surface area contributed by atoms with Crippen LogP contribution in [0.1, 0.15) is 12.7 Å². The van der Waals surface area contributed by atoms with E-state index in [0.717, 1.165) is 0 Å². The Labute approximate surface area is 104 Å². The third kappa shape index (κ3) is 4.81. The van der Waals surface area contributed by atoms with Crippen LogP contribution in [0, 0.1) is 0 Å². The number of imide groups is 1. The zero-order chi connectivity index (χ0) is 12.8. The molecule has 0 aliphatic heterocycles. The number of amides is 3. The minimum atomic E-state index is -0.738. The van der Waals surface area contributed by atoms with Crippen LogP contribution < -0.4 is 10.6 Å². The van der Waals surface area contributed by atoms with Crippen molar-refractivity contribution in [2.75, 3.05) is 6.54 Å². The van der Waals surface area contributed by atoms with Gasteiger partial charge < -0.3 is 5.32 Å². The highest BCUT2D eigenvalue weighted by Crippen LogP contribution is 1.92. The number of nitrogens with zero attached hydrogens (tertiary/aromatic N) is 3. The Morgan fingerprint density at radius 1 is 1.59 bits per heavy atom. The van der Waals surface area contributed by atoms with Gasteiger partial charge >= 0.3 is 6.03 Å². The number of halogens is 1. The quantitative estimate of drug-likeness (QED) is 0.734. The minimum Gasteiger partial charge on any atom is -0.337 e. The number of rotatable bonds is 4. The van der Waals surface area contributed by atoms with Crippen molar-refractivity contribution in [2.24, 2.45) is 7.05 Å². The topological polar surface area (TPSA) is 88.9 Å². The molecule has 1 unspecified atom stereocenters. The first-order valence-electron chi connectivity index (χ1n) is 5.06. The monoisotopic (exact) mass is 259 g/mol. The molecule has 0 fully saturated rings. The number of carbonyl (C=O) groups excluding carboxylic acids is 2. The second-order valence-electron chi connectivity index (χ2n) is 3.45. The molecule has 0 bridgehead atoms. The first kappa shape index (κ1) is 13.4. The molecular formula is C9H14ClN5O2. The van der Waals surface area contributed by atoms with E-state index < -0.39 is 17.3 Å². The Hall–Kier alpha value is -1.63. The predicted octanol–water partition coefficient (Wildman–Crippen LogP) is -0.189. The highest BCUT2D eigenvalue weighted by Gasteiger charge is 2.12. The molecule has 0 aliphatic rings. The number of nitrogens with one attached hydrogen (secondary N) is 2. The number of urea groups is 1. The van der Waals surface area contributed by atoms with Crippen molar-refractivity contribution < 1.29 is 9.59 Å². The van der Waals surface area contributed by atoms with Gasteiger partial charge in [0.2, 0.25) is 5.91 Å². The molecule has 1 aromatic rings. The van der Waals surface area contributed by atoms with Gasteiger partial charge in [-0.2, -0.15) is 5.10 Å². The van der Waals surface area contributed by atoms with Crippen molar-refractivity contribution in [1.82, 2.24) is 25.4 Å². The number of alkyl halides is 1. The van der Waals surface area contributed by atoms with Crippen LogP contribution in [-0.2, 0) is 18.3 Å². The first-order chi connectivity index (χ1) is 7.99. The maximum absolute atomic E-state index is 11.2. The number of hydrogen-bond acceptors (Lipinski definition) is 4. The number of carbonyl (C=O) groups is 2. The van der Waals surface area contributed by atoms with Crippen molar-refractivity contribution in [1.29, 1.82) is 0 Å². The molecule has 1 rings (SSSR count). The van der Waals surface area contributed by atoms with Gasteiger partial charge in [0.05, 0.1) is 0 Å². The molecule has 0 spiro atoms. The predicted molar refractivity (Wildman–Crippen MR) is 61.6 cm³/mol. The third-order valence-corrected chi connectivity index (χ3v) is 2.08. The van der Waals surface area contributed by atoms with Crippen molar-refractivity contribution >= 4 is 23.5 Å². The molecule has 0 aliphatic carbocycles. The van der Waals surface area contributed by atoms with Crippen molar-refractivity contribution in [2.45, 2.75) is 18.7 Å². The Morgan fingerprint density at radius 2 is 2.29 bits per heavy atom. The van der Waals surface area contributed by atoms with Crippen LogP contribution in [0.4, 0.5) is 4.79 Å². The molecular weight excluding hydrogens is 246 g/mol. The molecule has 17 heavy (non-hydrogen) atoms. The van der Waals surface area contributed by atoms with E-state index in [-0.39, 0.29) is 0 Å². The number of aromatic nitrogens is 3. The molecule has 1 atom stereocenters. The zero-order valence-corrected chi connectivity index (χ0v) is 10.4. The van der Waals surface area contributed by atoms with Crippen molar-refractivity contribution in [3.8, 4) is 0 Å². The van der Waals surface area contributed by atoms with Gasteiger partial charge in [-0.05, 0) is 6.92 Å². The van der Waals surface area contributed by atoms with Gasteiger partial charge in [-0.1, -0.05) is 0 Å². The van der Waals surface area contributed by atoms with Gasteiger partial charge in [-0.25, -0.2) is 9.78 Å². The van der Waals surface area contributed by atoms with Gasteiger partial charge in [0.1, 0.15) is 11.7 Å². The second kappa shape index (κ2) is 6.19. The van der Waals surface area contributed by atoms with Crippen LogP contribution in [0.15, 0.2) is 6.33 Å². The lowest BCUT2D eigenvalue weighted by Gasteiger charge is -2.06. The molecule has 0 saturated heterocycles. The van der Waals surface area contributed by atoms with E-state index in [1.807, 2.05) is 0 Å². The van der Waals surface area contributed by atoms with Gasteiger partial charge in [0.15, 0.2) is 5.82 Å². The van der Waals surface area contributed by atoms with Crippen LogP contribution >= 0.6 is 11.6 Å². The summed E-state index contributed by atoms with van der Waals surface area (Å²) in [6, 6.07) is -0.571. The van der Waals surface area contributed by atoms with Gasteiger partial charge in [-0.3, -0.25) is 14.8 Å². The molecule has 1 aromatic heterocycles. The van der Waals surface area contributed by atoms with E-state index in [2.05, 4.69) is 20.7 Å². The normalized spacial score (nSPS) is 11.9. The summed E-state index contributed by atoms with van der Waals surface area (Å²) in [7, 11) is 1.76. The fourth-order valence-electron chi connectivity index (χ4n) is 1.04. The maximum atomic E-state index is 11.2. The SMILES string of the molecule is CC(Cl)C(=O)NC(=O)NCCc1ncn(C)n1. The maximum Gasteiger partial charge on any atom is 0.321 e. The van der Waals surface area contributed by atoms with Crippen LogP contribution in [-0.4, -0.2) is 38.6 Å². The second-order valence-corrected chi connectivity index (χ2v) is 4.10. The molecule has 3 amide bonds. The fourth-order valence-corrected chi connectivity index (χ4v) is 1.10. The summed E-state index contributed by atoms with van der Waals surface area (Å²) in [5.74, 6) is 0.102. The molecule has 0 radical (unpaired) electrons. The van der Waals surface area contributed by atoms with Crippen molar-refractivity contribution in [3.05, 3.63) is 12.2 Å². The average molecular weight is 260 g/mol. The Balaban J connectivity index is 2.23. The molecule has 94 valence electrons. The largest absolute Gasteiger partial charge is 0.337 e. The minimum absolute atomic E-state index is 0.347. The summed E-state index contributed by atoms with van der Waals surface area (Å²) in [6.45, 7) is 1.84. The van der Waals surface area contributed by atoms with Crippen LogP contribution in [0.25, 0.3) is 0 Å². The van der Waals surface area contributed by atoms with Gasteiger partial charge in [-0.15, -0.1) is 11.6 Å². The Bertz CT molecular complexity index is 404. The van der Waals surface area contributed by atoms with Crippen LogP contribution in [0.2, 0.25) is 0 Å². The average Bonchev–Trinajstić information content (AvgIpc) is 2.64. The fraction of sp³-hybridized carbons (Fsp3) is 0.556. The van der Waals surface area contributed by atoms with Crippen molar-refractivity contribution in [3.63, 3.8) is 0 Å². The first-order valence-corrected chi connectivity index (χ1v) is 5.50. The van der Waals surface area contributed by atoms with E-state index in [0.29, 0.717) is 18.8 Å². The summed E-state index contributed by atoms with van der Waals surface area (Å²) in [4.78, 5) is 26.3. The lowest BCUT2D eigenvalue weighted by molar-refractivity contribution is -0.119. The Morgan fingerprint density at radius 3 is 2.82 bits per heavy atom. The summed E-state index contributed by atoms with van der Waals surface area (Å²) in [5, 5.41) is 7.92. The molecule has 8 heteroatoms. The third-order valence-electron chi connectivity index (χ3n) is 1.88. The summed E-state index contributed by atoms with van der Waals surface area (Å²) >= 11 is 5.49. The molecule has 2 N–H and O–H groups in total. The van der Waals surface area contributed by atoms with Crippen LogP contribution in [0.3, 0.4) is 0 Å². The highest BCUT2D eigenvalue weighted by atomic mass is 35.5. The summed E-state index contributed by atoms with van der Waals surface area (Å²) in [5.41, 5.74) is 0. The van der Waals surface area contributed by atoms with E-state index in [9.17, 15) is 9.59 Å². The smallest absolute Gasteiger partial charge is 0.321 e. The molecule has 7 nitrogen and oxygen atoms in total. The zero-order valence-electron chi connectivity index (χ0n) is 9.61. The summed E-state index contributed by atoms with van der Waals surface area (Å²) in [6.07, 6.45) is 2.08. The lowest BCUT2D eigenvalue weighted by Crippen LogP contribution is -2.42.